The van der Waals surface area contributed by atoms with Crippen molar-refractivity contribution < 1.29 is 38.9 Å². The Hall–Kier alpha value is 1.74. The van der Waals surface area contributed by atoms with Gasteiger partial charge >= 0.3 is 5.97 Å². The van der Waals surface area contributed by atoms with Gasteiger partial charge in [-0.3, -0.25) is 9.59 Å². The number of thioether (sulfide) groups is 7. The number of carbonyl (C=O) groups is 2. The molecule has 0 aliphatic carbocycles. The maximum absolute atomic E-state index is 12.0. The zero-order chi connectivity index (χ0) is 25.8. The molecule has 35 heavy (non-hydrogen) atoms. The van der Waals surface area contributed by atoms with Crippen molar-refractivity contribution in [3.63, 3.8) is 0 Å². The number of esters is 1. The lowest BCUT2D eigenvalue weighted by Crippen LogP contribution is -2.15. The standard InChI is InChI=1S/C19H36O8S8/c20-1-3-25-18(22)13-32-17-31-10-12-35(24)11-9-30-15-29-7-8-34-19(23)14-33-16-28-6-5-27-26-4-2-21/h20-21H,1-17H2. The summed E-state index contributed by atoms with van der Waals surface area (Å²) in [5.41, 5.74) is 0. The number of hydrogen-bond donors (Lipinski definition) is 2. The predicted octanol–water partition coefficient (Wildman–Crippen LogP) is 2.74. The maximum atomic E-state index is 12.0. The van der Waals surface area contributed by atoms with E-state index in [1.54, 1.807) is 58.8 Å². The van der Waals surface area contributed by atoms with Crippen molar-refractivity contribution in [2.45, 2.75) is 0 Å². The Labute approximate surface area is 241 Å². The lowest BCUT2D eigenvalue weighted by Gasteiger charge is -2.10. The lowest BCUT2D eigenvalue weighted by molar-refractivity contribution is -0.293. The Morgan fingerprint density at radius 2 is 1.26 bits per heavy atom. The predicted molar refractivity (Wildman–Crippen MR) is 162 cm³/mol. The van der Waals surface area contributed by atoms with Crippen LogP contribution in [0.4, 0.5) is 0 Å². The third kappa shape index (κ3) is 30.1. The molecule has 0 aromatic rings. The minimum absolute atomic E-state index is 0.0441. The fraction of sp³-hybridized carbons (Fsp3) is 0.895. The maximum Gasteiger partial charge on any atom is 0.316 e. The quantitative estimate of drug-likeness (QED) is 0.0338. The van der Waals surface area contributed by atoms with Crippen molar-refractivity contribution in [1.82, 2.24) is 0 Å². The molecule has 208 valence electrons. The van der Waals surface area contributed by atoms with Gasteiger partial charge in [-0.05, 0) is 0 Å². The van der Waals surface area contributed by atoms with Crippen LogP contribution in [0.25, 0.3) is 0 Å². The first kappa shape index (κ1) is 36.7. The van der Waals surface area contributed by atoms with E-state index in [2.05, 4.69) is 0 Å². The van der Waals surface area contributed by atoms with E-state index in [4.69, 9.17) is 24.7 Å². The van der Waals surface area contributed by atoms with Crippen molar-refractivity contribution in [2.24, 2.45) is 0 Å². The van der Waals surface area contributed by atoms with Crippen molar-refractivity contribution in [2.75, 3.05) is 100 Å². The Morgan fingerprint density at radius 3 is 1.94 bits per heavy atom. The van der Waals surface area contributed by atoms with E-state index in [1.807, 2.05) is 0 Å². The SMILES string of the molecule is O=C(CSCSCC[S+]([O-])CCSCSCCSC(=O)CSCSCCOOCCO)OCCO. The summed E-state index contributed by atoms with van der Waals surface area (Å²) in [6.45, 7) is 0.478. The Kier molecular flexibility index (Phi) is 31.8. The summed E-state index contributed by atoms with van der Waals surface area (Å²) in [6.07, 6.45) is 0. The third-order valence-corrected chi connectivity index (χ3v) is 13.3. The van der Waals surface area contributed by atoms with Crippen molar-refractivity contribution >= 4 is 105 Å². The van der Waals surface area contributed by atoms with Crippen LogP contribution in [-0.4, -0.2) is 126 Å². The van der Waals surface area contributed by atoms with E-state index in [9.17, 15) is 14.1 Å². The summed E-state index contributed by atoms with van der Waals surface area (Å²) in [4.78, 5) is 32.7. The fourth-order valence-corrected chi connectivity index (χ4v) is 10.6. The first-order chi connectivity index (χ1) is 17.1. The third-order valence-electron chi connectivity index (χ3n) is 3.26. The van der Waals surface area contributed by atoms with Gasteiger partial charge in [0.2, 0.25) is 0 Å². The van der Waals surface area contributed by atoms with Crippen LogP contribution >= 0.6 is 82.3 Å². The van der Waals surface area contributed by atoms with E-state index >= 15 is 0 Å². The second-order valence-electron chi connectivity index (χ2n) is 6.06. The first-order valence-electron chi connectivity index (χ1n) is 10.7. The highest BCUT2D eigenvalue weighted by Gasteiger charge is 2.08. The lowest BCUT2D eigenvalue weighted by atomic mass is 10.7. The first-order valence-corrected chi connectivity index (χ1v) is 20.1. The number of rotatable bonds is 27. The molecule has 0 heterocycles. The molecular formula is C19H36O8S8. The Morgan fingerprint density at radius 1 is 0.686 bits per heavy atom. The molecule has 0 saturated heterocycles. The van der Waals surface area contributed by atoms with Gasteiger partial charge in [0.25, 0.3) is 0 Å². The molecule has 0 aromatic carbocycles. The van der Waals surface area contributed by atoms with Crippen LogP contribution in [0.3, 0.4) is 0 Å². The normalized spacial score (nSPS) is 12.1. The topological polar surface area (TPSA) is 125 Å². The molecule has 0 saturated carbocycles. The van der Waals surface area contributed by atoms with Gasteiger partial charge in [0.15, 0.2) is 5.12 Å². The molecular weight excluding hydrogens is 613 g/mol. The second-order valence-corrected chi connectivity index (χ2v) is 16.4. The second kappa shape index (κ2) is 30.3. The van der Waals surface area contributed by atoms with E-state index in [0.717, 1.165) is 44.0 Å². The molecule has 0 rings (SSSR count). The molecule has 1 atom stereocenters. The molecule has 0 spiro atoms. The summed E-state index contributed by atoms with van der Waals surface area (Å²) in [6, 6.07) is 0. The van der Waals surface area contributed by atoms with Crippen LogP contribution in [0.1, 0.15) is 0 Å². The van der Waals surface area contributed by atoms with Gasteiger partial charge in [-0.15, -0.1) is 58.8 Å². The highest BCUT2D eigenvalue weighted by atomic mass is 32.2. The molecule has 0 aliphatic rings. The van der Waals surface area contributed by atoms with E-state index < -0.39 is 11.2 Å². The molecule has 8 nitrogen and oxygen atoms in total. The minimum atomic E-state index is -0.816. The van der Waals surface area contributed by atoms with Crippen LogP contribution in [0, 0.1) is 0 Å². The fourth-order valence-electron chi connectivity index (χ4n) is 1.77. The molecule has 1 unspecified atom stereocenters. The van der Waals surface area contributed by atoms with Crippen molar-refractivity contribution in [3.05, 3.63) is 0 Å². The van der Waals surface area contributed by atoms with Gasteiger partial charge in [0, 0.05) is 44.0 Å². The molecule has 16 heteroatoms. The largest absolute Gasteiger partial charge is 0.616 e. The molecule has 0 bridgehead atoms. The Balaban J connectivity index is 3.30. The van der Waals surface area contributed by atoms with Gasteiger partial charge < -0.3 is 19.5 Å². The van der Waals surface area contributed by atoms with Gasteiger partial charge in [0.1, 0.15) is 24.7 Å². The average Bonchev–Trinajstić information content (AvgIpc) is 2.85. The number of aliphatic hydroxyl groups excluding tert-OH is 2. The van der Waals surface area contributed by atoms with Gasteiger partial charge in [-0.25, -0.2) is 9.78 Å². The van der Waals surface area contributed by atoms with Crippen LogP contribution < -0.4 is 0 Å². The Bertz CT molecular complexity index is 496. The van der Waals surface area contributed by atoms with E-state index in [1.165, 1.54) is 23.5 Å². The summed E-state index contributed by atoms with van der Waals surface area (Å²) in [5, 5.41) is 19.8. The molecule has 0 aromatic heterocycles. The number of carbonyl (C=O) groups excluding carboxylic acids is 2. The molecule has 2 N–H and O–H groups in total. The molecule has 0 aliphatic heterocycles. The van der Waals surface area contributed by atoms with E-state index in [0.29, 0.717) is 23.9 Å². The molecule has 0 amide bonds. The van der Waals surface area contributed by atoms with Crippen LogP contribution in [0.15, 0.2) is 0 Å². The monoisotopic (exact) mass is 648 g/mol. The number of hydrogen-bond acceptors (Lipinski definition) is 15. The van der Waals surface area contributed by atoms with E-state index in [-0.39, 0.29) is 43.3 Å². The highest BCUT2D eigenvalue weighted by Crippen LogP contribution is 2.18. The number of ether oxygens (including phenoxy) is 1. The van der Waals surface area contributed by atoms with Crippen molar-refractivity contribution in [3.8, 4) is 0 Å². The van der Waals surface area contributed by atoms with Gasteiger partial charge in [-0.1, -0.05) is 22.9 Å². The summed E-state index contributed by atoms with van der Waals surface area (Å²) < 4.78 is 16.8. The zero-order valence-corrected chi connectivity index (χ0v) is 26.2. The number of aliphatic hydroxyl groups is 2. The summed E-state index contributed by atoms with van der Waals surface area (Å²) in [5.74, 6) is 6.03. The van der Waals surface area contributed by atoms with Crippen LogP contribution in [-0.2, 0) is 35.3 Å². The van der Waals surface area contributed by atoms with Crippen LogP contribution in [0.5, 0.6) is 0 Å². The molecule has 0 radical (unpaired) electrons. The molecule has 0 fully saturated rings. The van der Waals surface area contributed by atoms with Gasteiger partial charge in [-0.2, -0.15) is 11.8 Å². The zero-order valence-electron chi connectivity index (χ0n) is 19.6. The highest BCUT2D eigenvalue weighted by molar-refractivity contribution is 8.20. The smallest absolute Gasteiger partial charge is 0.316 e. The van der Waals surface area contributed by atoms with Crippen molar-refractivity contribution in [1.29, 1.82) is 0 Å². The van der Waals surface area contributed by atoms with Gasteiger partial charge in [0.05, 0.1) is 31.3 Å². The minimum Gasteiger partial charge on any atom is -0.616 e. The summed E-state index contributed by atoms with van der Waals surface area (Å²) in [7, 11) is 0. The summed E-state index contributed by atoms with van der Waals surface area (Å²) >= 11 is 10.6. The van der Waals surface area contributed by atoms with Crippen LogP contribution in [0.2, 0.25) is 0 Å². The average molecular weight is 649 g/mol.